The van der Waals surface area contributed by atoms with Gasteiger partial charge in [-0.15, -0.1) is 21.5 Å². The quantitative estimate of drug-likeness (QED) is 0.876. The van der Waals surface area contributed by atoms with Crippen LogP contribution in [-0.4, -0.2) is 53.3 Å². The molecule has 2 saturated heterocycles. The molecule has 0 aromatic carbocycles. The van der Waals surface area contributed by atoms with Crippen LogP contribution in [0.3, 0.4) is 0 Å². The first kappa shape index (κ1) is 17.8. The summed E-state index contributed by atoms with van der Waals surface area (Å²) in [7, 11) is 0. The Morgan fingerprint density at radius 2 is 2.08 bits per heavy atom. The fraction of sp³-hybridized carbons (Fsp3) is 0.824. The van der Waals surface area contributed by atoms with Crippen LogP contribution < -0.4 is 5.32 Å². The molecule has 0 saturated carbocycles. The molecule has 3 rings (SSSR count). The second kappa shape index (κ2) is 7.89. The summed E-state index contributed by atoms with van der Waals surface area (Å²) in [6.45, 7) is 10.6. The van der Waals surface area contributed by atoms with Gasteiger partial charge in [0, 0.05) is 38.3 Å². The Morgan fingerprint density at radius 1 is 1.33 bits per heavy atom. The molecule has 0 spiro atoms. The molecule has 2 aliphatic rings. The third kappa shape index (κ3) is 4.32. The molecule has 2 atom stereocenters. The molecule has 2 aliphatic heterocycles. The van der Waals surface area contributed by atoms with Gasteiger partial charge in [0.25, 0.3) is 0 Å². The van der Waals surface area contributed by atoms with E-state index >= 15 is 0 Å². The zero-order valence-corrected chi connectivity index (χ0v) is 15.6. The molecular weight excluding hydrogens is 324 g/mol. The highest BCUT2D eigenvalue weighted by molar-refractivity contribution is 7.11. The highest BCUT2D eigenvalue weighted by atomic mass is 32.1. The van der Waals surface area contributed by atoms with E-state index in [1.165, 1.54) is 0 Å². The number of carbonyl (C=O) groups excluding carboxylic acids is 1. The zero-order valence-electron chi connectivity index (χ0n) is 14.8. The van der Waals surface area contributed by atoms with E-state index in [1.54, 1.807) is 11.3 Å². The molecule has 0 bridgehead atoms. The van der Waals surface area contributed by atoms with E-state index in [9.17, 15) is 4.79 Å². The Morgan fingerprint density at radius 3 is 2.71 bits per heavy atom. The van der Waals surface area contributed by atoms with E-state index in [1.807, 2.05) is 6.92 Å². The van der Waals surface area contributed by atoms with Gasteiger partial charge >= 0.3 is 0 Å². The molecule has 1 N–H and O–H groups in total. The van der Waals surface area contributed by atoms with Crippen molar-refractivity contribution in [3.8, 4) is 0 Å². The molecule has 1 aromatic heterocycles. The second-order valence-corrected chi connectivity index (χ2v) is 8.58. The van der Waals surface area contributed by atoms with Gasteiger partial charge in [0.15, 0.2) is 0 Å². The fourth-order valence-electron chi connectivity index (χ4n) is 3.72. The third-order valence-electron chi connectivity index (χ3n) is 5.14. The number of likely N-dealkylation sites (tertiary alicyclic amines) is 1. The molecule has 6 nitrogen and oxygen atoms in total. The van der Waals surface area contributed by atoms with Crippen molar-refractivity contribution >= 4 is 17.2 Å². The van der Waals surface area contributed by atoms with Gasteiger partial charge in [0.05, 0.1) is 6.54 Å². The number of hydrogen-bond acceptors (Lipinski definition) is 6. The van der Waals surface area contributed by atoms with Gasteiger partial charge in [-0.2, -0.15) is 0 Å². The van der Waals surface area contributed by atoms with Crippen molar-refractivity contribution in [3.05, 3.63) is 10.0 Å². The number of ether oxygens (including phenoxy) is 1. The van der Waals surface area contributed by atoms with E-state index < -0.39 is 0 Å². The molecular formula is C17H28N4O2S. The van der Waals surface area contributed by atoms with Gasteiger partial charge in [-0.25, -0.2) is 0 Å². The highest BCUT2D eigenvalue weighted by Gasteiger charge is 2.37. The van der Waals surface area contributed by atoms with Gasteiger partial charge in [-0.3, -0.25) is 9.69 Å². The molecule has 2 unspecified atom stereocenters. The van der Waals surface area contributed by atoms with Crippen molar-refractivity contribution in [2.24, 2.45) is 17.8 Å². The van der Waals surface area contributed by atoms with Crippen LogP contribution in [0.5, 0.6) is 0 Å². The molecule has 1 aromatic rings. The number of nitrogens with zero attached hydrogens (tertiary/aromatic N) is 3. The molecule has 24 heavy (non-hydrogen) atoms. The summed E-state index contributed by atoms with van der Waals surface area (Å²) in [6.07, 6.45) is 1.69. The summed E-state index contributed by atoms with van der Waals surface area (Å²) in [5.74, 6) is 1.36. The maximum absolute atomic E-state index is 12.6. The fourth-order valence-corrected chi connectivity index (χ4v) is 4.48. The lowest BCUT2D eigenvalue weighted by atomic mass is 9.90. The van der Waals surface area contributed by atoms with Crippen molar-refractivity contribution in [2.45, 2.75) is 46.2 Å². The number of aromatic nitrogens is 2. The van der Waals surface area contributed by atoms with E-state index in [-0.39, 0.29) is 17.9 Å². The average Bonchev–Trinajstić information content (AvgIpc) is 3.15. The number of nitrogens with one attached hydrogen (secondary N) is 1. The van der Waals surface area contributed by atoms with Crippen LogP contribution in [0.2, 0.25) is 0 Å². The first-order chi connectivity index (χ1) is 11.5. The Balaban J connectivity index is 1.59. The van der Waals surface area contributed by atoms with Crippen LogP contribution in [0.4, 0.5) is 0 Å². The maximum atomic E-state index is 12.6. The minimum atomic E-state index is 0.117. The van der Waals surface area contributed by atoms with Crippen LogP contribution in [-0.2, 0) is 16.1 Å². The average molecular weight is 353 g/mol. The molecule has 0 radical (unpaired) electrons. The van der Waals surface area contributed by atoms with Gasteiger partial charge in [0.1, 0.15) is 10.0 Å². The van der Waals surface area contributed by atoms with Gasteiger partial charge in [-0.1, -0.05) is 13.8 Å². The largest absolute Gasteiger partial charge is 0.381 e. The summed E-state index contributed by atoms with van der Waals surface area (Å²) >= 11 is 1.66. The first-order valence-electron chi connectivity index (χ1n) is 8.92. The Bertz CT molecular complexity index is 557. The van der Waals surface area contributed by atoms with Gasteiger partial charge in [0.2, 0.25) is 5.91 Å². The summed E-state index contributed by atoms with van der Waals surface area (Å²) in [6, 6.07) is 0.231. The van der Waals surface area contributed by atoms with Crippen LogP contribution in [0.15, 0.2) is 0 Å². The van der Waals surface area contributed by atoms with E-state index in [0.29, 0.717) is 25.0 Å². The van der Waals surface area contributed by atoms with Crippen LogP contribution in [0, 0.1) is 24.7 Å². The van der Waals surface area contributed by atoms with Crippen molar-refractivity contribution < 1.29 is 9.53 Å². The lowest BCUT2D eigenvalue weighted by Crippen LogP contribution is -2.45. The number of amides is 1. The molecule has 1 amide bonds. The molecule has 3 heterocycles. The predicted molar refractivity (Wildman–Crippen MR) is 93.7 cm³/mol. The van der Waals surface area contributed by atoms with Crippen molar-refractivity contribution in [1.29, 1.82) is 0 Å². The van der Waals surface area contributed by atoms with Gasteiger partial charge < -0.3 is 10.1 Å². The van der Waals surface area contributed by atoms with Crippen molar-refractivity contribution in [3.63, 3.8) is 0 Å². The van der Waals surface area contributed by atoms with Crippen LogP contribution in [0.25, 0.3) is 0 Å². The summed E-state index contributed by atoms with van der Waals surface area (Å²) in [5.41, 5.74) is 0. The maximum Gasteiger partial charge on any atom is 0.223 e. The topological polar surface area (TPSA) is 67.4 Å². The van der Waals surface area contributed by atoms with E-state index in [4.69, 9.17) is 4.74 Å². The van der Waals surface area contributed by atoms with Crippen molar-refractivity contribution in [1.82, 2.24) is 20.4 Å². The summed E-state index contributed by atoms with van der Waals surface area (Å²) in [5, 5.41) is 13.7. The van der Waals surface area contributed by atoms with Crippen molar-refractivity contribution in [2.75, 3.05) is 26.3 Å². The third-order valence-corrected chi connectivity index (χ3v) is 5.97. The van der Waals surface area contributed by atoms with Crippen LogP contribution >= 0.6 is 11.3 Å². The standard InChI is InChI=1S/C17H28N4O2S/c1-11(2)14-8-21(10-16-20-19-12(3)24-16)9-15(14)18-17(22)13-4-6-23-7-5-13/h11,13-15H,4-10H2,1-3H3,(H,18,22). The normalized spacial score (nSPS) is 26.2. The predicted octanol–water partition coefficient (Wildman–Crippen LogP) is 1.85. The number of hydrogen-bond donors (Lipinski definition) is 1. The van der Waals surface area contributed by atoms with E-state index in [0.717, 1.165) is 42.5 Å². The minimum Gasteiger partial charge on any atom is -0.381 e. The smallest absolute Gasteiger partial charge is 0.223 e. The minimum absolute atomic E-state index is 0.117. The second-order valence-electron chi connectivity index (χ2n) is 7.32. The SMILES string of the molecule is Cc1nnc(CN2CC(NC(=O)C3CCOCC3)C(C(C)C)C2)s1. The lowest BCUT2D eigenvalue weighted by Gasteiger charge is -2.27. The Kier molecular flexibility index (Phi) is 5.84. The summed E-state index contributed by atoms with van der Waals surface area (Å²) in [4.78, 5) is 15.0. The first-order valence-corrected chi connectivity index (χ1v) is 9.74. The molecule has 2 fully saturated rings. The molecule has 0 aliphatic carbocycles. The van der Waals surface area contributed by atoms with E-state index in [2.05, 4.69) is 34.3 Å². The summed E-state index contributed by atoms with van der Waals surface area (Å²) < 4.78 is 5.36. The highest BCUT2D eigenvalue weighted by Crippen LogP contribution is 2.27. The Hall–Kier alpha value is -1.05. The Labute approximate surface area is 148 Å². The van der Waals surface area contributed by atoms with Crippen LogP contribution in [0.1, 0.15) is 36.7 Å². The number of carbonyl (C=O) groups is 1. The lowest BCUT2D eigenvalue weighted by molar-refractivity contribution is -0.128. The van der Waals surface area contributed by atoms with Gasteiger partial charge in [-0.05, 0) is 31.6 Å². The monoisotopic (exact) mass is 352 g/mol. The number of aryl methyl sites for hydroxylation is 1. The molecule has 7 heteroatoms. The molecule has 134 valence electrons. The number of rotatable bonds is 5. The zero-order chi connectivity index (χ0) is 17.1.